The average molecular weight is 490 g/mol. The summed E-state index contributed by atoms with van der Waals surface area (Å²) in [6.07, 6.45) is 1.55. The van der Waals surface area contributed by atoms with Crippen LogP contribution in [-0.2, 0) is 11.3 Å². The van der Waals surface area contributed by atoms with E-state index >= 15 is 0 Å². The molecule has 0 aliphatic carbocycles. The van der Waals surface area contributed by atoms with Crippen LogP contribution in [0.15, 0.2) is 82.7 Å². The molecule has 3 aromatic rings. The number of amides is 1. The molecule has 3 aromatic carbocycles. The Morgan fingerprint density at radius 1 is 1.14 bits per heavy atom. The third kappa shape index (κ3) is 5.39. The number of methoxy groups -OCH3 is 1. The largest absolute Gasteiger partial charge is 0.496 e. The molecule has 176 valence electrons. The summed E-state index contributed by atoms with van der Waals surface area (Å²) in [6, 6.07) is 19.6. The van der Waals surface area contributed by atoms with Crippen LogP contribution >= 0.6 is 11.8 Å². The maximum absolute atomic E-state index is 13.4. The number of nitrogens with zero attached hydrogens (tertiary/aromatic N) is 3. The lowest BCUT2D eigenvalue weighted by Gasteiger charge is -2.16. The number of hydrogen-bond donors (Lipinski definition) is 1. The van der Waals surface area contributed by atoms with Gasteiger partial charge in [0.2, 0.25) is 0 Å². The van der Waals surface area contributed by atoms with E-state index in [0.29, 0.717) is 27.1 Å². The highest BCUT2D eigenvalue weighted by Gasteiger charge is 2.34. The monoisotopic (exact) mass is 489 g/mol. The van der Waals surface area contributed by atoms with Gasteiger partial charge in [-0.25, -0.2) is 9.79 Å². The molecule has 1 amide bonds. The number of para-hydroxylation sites is 1. The first-order chi connectivity index (χ1) is 16.9. The van der Waals surface area contributed by atoms with Crippen molar-refractivity contribution in [3.05, 3.63) is 105 Å². The maximum Gasteiger partial charge on any atom is 0.335 e. The van der Waals surface area contributed by atoms with Crippen LogP contribution in [0.2, 0.25) is 0 Å². The summed E-state index contributed by atoms with van der Waals surface area (Å²) in [7, 11) is 1.45. The summed E-state index contributed by atoms with van der Waals surface area (Å²) in [5.41, 5.74) is 1.79. The number of aromatic carboxylic acids is 1. The summed E-state index contributed by atoms with van der Waals surface area (Å²) in [4.78, 5) is 41.7. The van der Waals surface area contributed by atoms with Crippen molar-refractivity contribution in [2.24, 2.45) is 4.99 Å². The first-order valence-corrected chi connectivity index (χ1v) is 11.2. The second kappa shape index (κ2) is 10.2. The molecule has 0 aromatic heterocycles. The highest BCUT2D eigenvalue weighted by molar-refractivity contribution is 8.18. The number of hydrogen-bond acceptors (Lipinski definition) is 7. The van der Waals surface area contributed by atoms with Crippen molar-refractivity contribution in [1.82, 2.24) is 4.90 Å². The normalized spacial score (nSPS) is 15.6. The lowest BCUT2D eigenvalue weighted by molar-refractivity contribution is -0.384. The number of ether oxygens (including phenoxy) is 1. The van der Waals surface area contributed by atoms with Gasteiger partial charge in [-0.1, -0.05) is 30.3 Å². The van der Waals surface area contributed by atoms with Gasteiger partial charge < -0.3 is 9.84 Å². The van der Waals surface area contributed by atoms with Crippen molar-refractivity contribution >= 4 is 46.3 Å². The molecule has 35 heavy (non-hydrogen) atoms. The van der Waals surface area contributed by atoms with Gasteiger partial charge in [-0.15, -0.1) is 0 Å². The molecule has 0 saturated carbocycles. The Bertz CT molecular complexity index is 1350. The molecule has 0 radical (unpaired) electrons. The summed E-state index contributed by atoms with van der Waals surface area (Å²) < 4.78 is 5.32. The van der Waals surface area contributed by atoms with E-state index in [0.717, 1.165) is 17.3 Å². The van der Waals surface area contributed by atoms with Gasteiger partial charge in [0.15, 0.2) is 5.17 Å². The Morgan fingerprint density at radius 2 is 1.86 bits per heavy atom. The third-order valence-corrected chi connectivity index (χ3v) is 6.13. The Morgan fingerprint density at radius 3 is 2.49 bits per heavy atom. The zero-order chi connectivity index (χ0) is 24.9. The Balaban J connectivity index is 1.73. The molecule has 0 spiro atoms. The van der Waals surface area contributed by atoms with Crippen LogP contribution in [0.1, 0.15) is 21.5 Å². The lowest BCUT2D eigenvalue weighted by atomic mass is 10.1. The second-order valence-corrected chi connectivity index (χ2v) is 8.43. The van der Waals surface area contributed by atoms with E-state index < -0.39 is 10.9 Å². The fourth-order valence-corrected chi connectivity index (χ4v) is 4.36. The highest BCUT2D eigenvalue weighted by atomic mass is 32.2. The Labute approximate surface area is 204 Å². The van der Waals surface area contributed by atoms with Crippen LogP contribution in [0, 0.1) is 10.1 Å². The van der Waals surface area contributed by atoms with Crippen molar-refractivity contribution in [2.45, 2.75) is 6.54 Å². The van der Waals surface area contributed by atoms with Crippen LogP contribution in [-0.4, -0.2) is 39.1 Å². The molecule has 0 bridgehead atoms. The zero-order valence-corrected chi connectivity index (χ0v) is 19.3. The SMILES string of the molecule is COc1ccc([N+](=O)[O-])cc1/C=C1\SC(=Nc2ccccc2)N(Cc2ccc(C(=O)O)cc2)C1=O. The highest BCUT2D eigenvalue weighted by Crippen LogP contribution is 2.37. The quantitative estimate of drug-likeness (QED) is 0.278. The Kier molecular flexibility index (Phi) is 6.93. The molecule has 4 rings (SSSR count). The van der Waals surface area contributed by atoms with E-state index in [4.69, 9.17) is 9.84 Å². The zero-order valence-electron chi connectivity index (χ0n) is 18.5. The van der Waals surface area contributed by atoms with E-state index in [9.17, 15) is 19.7 Å². The predicted molar refractivity (Wildman–Crippen MR) is 133 cm³/mol. The second-order valence-electron chi connectivity index (χ2n) is 7.42. The van der Waals surface area contributed by atoms with E-state index in [1.54, 1.807) is 18.2 Å². The van der Waals surface area contributed by atoms with Crippen molar-refractivity contribution in [1.29, 1.82) is 0 Å². The number of aliphatic imine (C=N–C) groups is 1. The minimum atomic E-state index is -1.04. The fourth-order valence-electron chi connectivity index (χ4n) is 3.37. The van der Waals surface area contributed by atoms with Gasteiger partial charge in [0, 0.05) is 17.7 Å². The minimum Gasteiger partial charge on any atom is -0.496 e. The number of carbonyl (C=O) groups excluding carboxylic acids is 1. The topological polar surface area (TPSA) is 122 Å². The van der Waals surface area contributed by atoms with Gasteiger partial charge in [0.05, 0.1) is 34.7 Å². The molecule has 1 fully saturated rings. The van der Waals surface area contributed by atoms with Gasteiger partial charge in [-0.05, 0) is 53.7 Å². The number of benzene rings is 3. The summed E-state index contributed by atoms with van der Waals surface area (Å²) >= 11 is 1.15. The van der Waals surface area contributed by atoms with Gasteiger partial charge in [0.1, 0.15) is 5.75 Å². The number of nitro benzene ring substituents is 1. The minimum absolute atomic E-state index is 0.123. The number of carbonyl (C=O) groups is 2. The van der Waals surface area contributed by atoms with Crippen LogP contribution in [0.25, 0.3) is 6.08 Å². The number of non-ortho nitro benzene ring substituents is 1. The van der Waals surface area contributed by atoms with E-state index in [1.165, 1.54) is 42.3 Å². The lowest BCUT2D eigenvalue weighted by Crippen LogP contribution is -2.28. The number of rotatable bonds is 7. The number of carboxylic acid groups (broad SMARTS) is 1. The summed E-state index contributed by atoms with van der Waals surface area (Å²) in [5, 5.41) is 20.8. The van der Waals surface area contributed by atoms with Gasteiger partial charge >= 0.3 is 5.97 Å². The van der Waals surface area contributed by atoms with Crippen molar-refractivity contribution < 1.29 is 24.4 Å². The van der Waals surface area contributed by atoms with Crippen molar-refractivity contribution in [3.63, 3.8) is 0 Å². The number of carboxylic acids is 1. The third-order valence-electron chi connectivity index (χ3n) is 5.12. The Hall–Kier alpha value is -4.44. The average Bonchev–Trinajstić information content (AvgIpc) is 3.13. The molecule has 1 heterocycles. The van der Waals surface area contributed by atoms with E-state index in [2.05, 4.69) is 4.99 Å². The van der Waals surface area contributed by atoms with Gasteiger partial charge in [0.25, 0.3) is 11.6 Å². The van der Waals surface area contributed by atoms with E-state index in [-0.39, 0.29) is 23.7 Å². The van der Waals surface area contributed by atoms with Crippen LogP contribution in [0.5, 0.6) is 5.75 Å². The molecule has 1 N–H and O–H groups in total. The molecule has 0 atom stereocenters. The standard InChI is InChI=1S/C25H19N3O6S/c1-34-21-12-11-20(28(32)33)13-18(21)14-22-23(29)27(15-16-7-9-17(10-8-16)24(30)31)25(35-22)26-19-5-3-2-4-6-19/h2-14H,15H2,1H3,(H,30,31)/b22-14-,26-25?. The molecular weight excluding hydrogens is 470 g/mol. The summed E-state index contributed by atoms with van der Waals surface area (Å²) in [5.74, 6) is -0.979. The fraction of sp³-hybridized carbons (Fsp3) is 0.0800. The van der Waals surface area contributed by atoms with Gasteiger partial charge in [-0.3, -0.25) is 19.8 Å². The molecule has 1 aliphatic rings. The first-order valence-electron chi connectivity index (χ1n) is 10.4. The maximum atomic E-state index is 13.4. The predicted octanol–water partition coefficient (Wildman–Crippen LogP) is 5.11. The first kappa shape index (κ1) is 23.7. The molecule has 0 unspecified atom stereocenters. The molecule has 9 nitrogen and oxygen atoms in total. The van der Waals surface area contributed by atoms with Crippen LogP contribution in [0.3, 0.4) is 0 Å². The van der Waals surface area contributed by atoms with Crippen molar-refractivity contribution in [2.75, 3.05) is 7.11 Å². The number of thioether (sulfide) groups is 1. The smallest absolute Gasteiger partial charge is 0.335 e. The van der Waals surface area contributed by atoms with Crippen LogP contribution < -0.4 is 4.74 Å². The number of amidine groups is 1. The summed E-state index contributed by atoms with van der Waals surface area (Å²) in [6.45, 7) is 0.167. The van der Waals surface area contributed by atoms with Crippen LogP contribution in [0.4, 0.5) is 11.4 Å². The number of nitro groups is 1. The molecule has 1 saturated heterocycles. The molecule has 10 heteroatoms. The van der Waals surface area contributed by atoms with E-state index in [1.807, 2.05) is 30.3 Å². The molecule has 1 aliphatic heterocycles. The van der Waals surface area contributed by atoms with Crippen molar-refractivity contribution in [3.8, 4) is 5.75 Å². The van der Waals surface area contributed by atoms with Gasteiger partial charge in [-0.2, -0.15) is 0 Å². The molecular formula is C25H19N3O6S.